The predicted octanol–water partition coefficient (Wildman–Crippen LogP) is 2.73. The number of nitro groups is 1. The summed E-state index contributed by atoms with van der Waals surface area (Å²) in [4.78, 5) is 22.0. The topological polar surface area (TPSA) is 72.2 Å². The van der Waals surface area contributed by atoms with E-state index >= 15 is 0 Å². The van der Waals surface area contributed by atoms with Gasteiger partial charge in [-0.25, -0.2) is 4.39 Å². The Bertz CT molecular complexity index is 610. The van der Waals surface area contributed by atoms with Crippen LogP contribution < -0.4 is 5.32 Å². The van der Waals surface area contributed by atoms with E-state index in [1.807, 2.05) is 0 Å². The highest BCUT2D eigenvalue weighted by Crippen LogP contribution is 2.23. The zero-order valence-electron chi connectivity index (χ0n) is 9.63. The number of nitrogens with zero attached hydrogens (tertiary/aromatic N) is 1. The summed E-state index contributed by atoms with van der Waals surface area (Å²) in [6, 6.07) is 8.42. The van der Waals surface area contributed by atoms with Crippen molar-refractivity contribution in [3.63, 3.8) is 0 Å². The normalized spacial score (nSPS) is 10.2. The van der Waals surface area contributed by atoms with Crippen molar-refractivity contribution in [1.82, 2.24) is 5.32 Å². The quantitative estimate of drug-likeness (QED) is 0.691. The van der Waals surface area contributed by atoms with Gasteiger partial charge in [-0.3, -0.25) is 14.9 Å². The van der Waals surface area contributed by atoms with Crippen molar-refractivity contribution in [2.75, 3.05) is 0 Å². The van der Waals surface area contributed by atoms with Gasteiger partial charge in [0.25, 0.3) is 5.91 Å². The van der Waals surface area contributed by atoms with Crippen molar-refractivity contribution < 1.29 is 14.1 Å². The maximum absolute atomic E-state index is 12.7. The maximum Gasteiger partial charge on any atom is 0.324 e. The van der Waals surface area contributed by atoms with E-state index in [1.54, 1.807) is 12.1 Å². The average Bonchev–Trinajstić information content (AvgIpc) is 2.87. The lowest BCUT2D eigenvalue weighted by molar-refractivity contribution is -0.380. The Morgan fingerprint density at radius 1 is 1.26 bits per heavy atom. The molecule has 0 aliphatic carbocycles. The van der Waals surface area contributed by atoms with E-state index in [0.717, 1.165) is 16.9 Å². The first-order valence-corrected chi connectivity index (χ1v) is 6.15. The van der Waals surface area contributed by atoms with Crippen LogP contribution in [0.1, 0.15) is 15.2 Å². The Morgan fingerprint density at radius 3 is 2.53 bits per heavy atom. The van der Waals surface area contributed by atoms with Gasteiger partial charge in [-0.2, -0.15) is 0 Å². The van der Waals surface area contributed by atoms with Gasteiger partial charge in [0.15, 0.2) is 0 Å². The fourth-order valence-electron chi connectivity index (χ4n) is 1.42. The molecule has 0 saturated carbocycles. The van der Waals surface area contributed by atoms with Gasteiger partial charge >= 0.3 is 5.00 Å². The Morgan fingerprint density at radius 2 is 1.95 bits per heavy atom. The maximum atomic E-state index is 12.7. The summed E-state index contributed by atoms with van der Waals surface area (Å²) in [6.07, 6.45) is 0. The number of amides is 1. The van der Waals surface area contributed by atoms with Crippen LogP contribution in [0.4, 0.5) is 9.39 Å². The number of carbonyl (C=O) groups is 1. The van der Waals surface area contributed by atoms with Crippen molar-refractivity contribution >= 4 is 22.2 Å². The summed E-state index contributed by atoms with van der Waals surface area (Å²) < 4.78 is 12.7. The number of thiophene rings is 1. The lowest BCUT2D eigenvalue weighted by Gasteiger charge is -2.03. The van der Waals surface area contributed by atoms with Crippen LogP contribution in [0.5, 0.6) is 0 Å². The summed E-state index contributed by atoms with van der Waals surface area (Å²) in [7, 11) is 0. The molecule has 1 amide bonds. The van der Waals surface area contributed by atoms with Crippen molar-refractivity contribution in [2.24, 2.45) is 0 Å². The van der Waals surface area contributed by atoms with Crippen molar-refractivity contribution in [3.05, 3.63) is 62.8 Å². The molecule has 0 fully saturated rings. The number of carbonyl (C=O) groups excluding carboxylic acids is 1. The van der Waals surface area contributed by atoms with Crippen LogP contribution >= 0.6 is 11.3 Å². The predicted molar refractivity (Wildman–Crippen MR) is 68.5 cm³/mol. The molecular weight excluding hydrogens is 271 g/mol. The molecule has 0 saturated heterocycles. The number of hydrogen-bond donors (Lipinski definition) is 1. The van der Waals surface area contributed by atoms with Crippen molar-refractivity contribution in [1.29, 1.82) is 0 Å². The molecule has 1 N–H and O–H groups in total. The minimum absolute atomic E-state index is 0.0769. The second kappa shape index (κ2) is 5.57. The van der Waals surface area contributed by atoms with E-state index in [2.05, 4.69) is 5.32 Å². The zero-order chi connectivity index (χ0) is 13.8. The van der Waals surface area contributed by atoms with Crippen LogP contribution in [0.2, 0.25) is 0 Å². The minimum Gasteiger partial charge on any atom is -0.347 e. The van der Waals surface area contributed by atoms with E-state index in [9.17, 15) is 19.3 Å². The first-order valence-electron chi connectivity index (χ1n) is 5.33. The molecule has 0 aliphatic rings. The molecule has 0 atom stereocenters. The molecule has 0 unspecified atom stereocenters. The molecule has 98 valence electrons. The molecule has 0 aliphatic heterocycles. The molecule has 2 aromatic rings. The first kappa shape index (κ1) is 13.2. The van der Waals surface area contributed by atoms with Crippen LogP contribution in [0.15, 0.2) is 36.4 Å². The van der Waals surface area contributed by atoms with Gasteiger partial charge in [0.1, 0.15) is 5.82 Å². The van der Waals surface area contributed by atoms with E-state index in [-0.39, 0.29) is 28.1 Å². The fraction of sp³-hybridized carbons (Fsp3) is 0.0833. The van der Waals surface area contributed by atoms with E-state index in [0.29, 0.717) is 0 Å². The fourth-order valence-corrected chi connectivity index (χ4v) is 2.16. The monoisotopic (exact) mass is 280 g/mol. The Kier molecular flexibility index (Phi) is 3.86. The third-order valence-electron chi connectivity index (χ3n) is 2.36. The average molecular weight is 280 g/mol. The highest BCUT2D eigenvalue weighted by atomic mass is 32.1. The second-order valence-corrected chi connectivity index (χ2v) is 4.77. The third-order valence-corrected chi connectivity index (χ3v) is 3.40. The standard InChI is InChI=1S/C12H9FN2O3S/c13-9-3-1-8(2-4-9)7-14-12(16)10-5-6-11(19-10)15(17)18/h1-6H,7H2,(H,14,16). The Balaban J connectivity index is 1.97. The minimum atomic E-state index is -0.540. The van der Waals surface area contributed by atoms with Crippen LogP contribution in [-0.4, -0.2) is 10.8 Å². The van der Waals surface area contributed by atoms with E-state index < -0.39 is 4.92 Å². The largest absolute Gasteiger partial charge is 0.347 e. The molecule has 1 heterocycles. The lowest BCUT2D eigenvalue weighted by atomic mass is 10.2. The van der Waals surface area contributed by atoms with Gasteiger partial charge in [-0.05, 0) is 23.8 Å². The molecule has 1 aromatic carbocycles. The molecule has 19 heavy (non-hydrogen) atoms. The molecule has 7 heteroatoms. The molecule has 0 bridgehead atoms. The number of benzene rings is 1. The molecular formula is C12H9FN2O3S. The summed E-state index contributed by atoms with van der Waals surface area (Å²) >= 11 is 0.816. The molecule has 2 rings (SSSR count). The number of rotatable bonds is 4. The number of nitrogens with one attached hydrogen (secondary N) is 1. The molecule has 5 nitrogen and oxygen atoms in total. The second-order valence-electron chi connectivity index (χ2n) is 3.70. The highest BCUT2D eigenvalue weighted by Gasteiger charge is 2.14. The zero-order valence-corrected chi connectivity index (χ0v) is 10.4. The lowest BCUT2D eigenvalue weighted by Crippen LogP contribution is -2.21. The van der Waals surface area contributed by atoms with Gasteiger partial charge in [-0.1, -0.05) is 23.5 Å². The van der Waals surface area contributed by atoms with Gasteiger partial charge in [0.2, 0.25) is 0 Å². The molecule has 0 spiro atoms. The van der Waals surface area contributed by atoms with E-state index in [1.165, 1.54) is 24.3 Å². The van der Waals surface area contributed by atoms with Crippen molar-refractivity contribution in [3.8, 4) is 0 Å². The van der Waals surface area contributed by atoms with Crippen LogP contribution in [0.25, 0.3) is 0 Å². The van der Waals surface area contributed by atoms with Gasteiger partial charge in [0, 0.05) is 12.6 Å². The highest BCUT2D eigenvalue weighted by molar-refractivity contribution is 7.17. The molecule has 1 aromatic heterocycles. The van der Waals surface area contributed by atoms with Crippen LogP contribution in [0.3, 0.4) is 0 Å². The summed E-state index contributed by atoms with van der Waals surface area (Å²) in [5.74, 6) is -0.730. The van der Waals surface area contributed by atoms with Gasteiger partial charge in [-0.15, -0.1) is 0 Å². The van der Waals surface area contributed by atoms with Crippen LogP contribution in [-0.2, 0) is 6.54 Å². The summed E-state index contributed by atoms with van der Waals surface area (Å²) in [5.41, 5.74) is 0.751. The van der Waals surface area contributed by atoms with Gasteiger partial charge in [0.05, 0.1) is 9.80 Å². The first-order chi connectivity index (χ1) is 9.06. The van der Waals surface area contributed by atoms with E-state index in [4.69, 9.17) is 0 Å². The smallest absolute Gasteiger partial charge is 0.324 e. The summed E-state index contributed by atoms with van der Waals surface area (Å²) in [5, 5.41) is 13.0. The number of hydrogen-bond acceptors (Lipinski definition) is 4. The Hall–Kier alpha value is -2.28. The van der Waals surface area contributed by atoms with Crippen molar-refractivity contribution in [2.45, 2.75) is 6.54 Å². The van der Waals surface area contributed by atoms with Gasteiger partial charge < -0.3 is 5.32 Å². The SMILES string of the molecule is O=C(NCc1ccc(F)cc1)c1ccc([N+](=O)[O-])s1. The molecule has 0 radical (unpaired) electrons. The third kappa shape index (κ3) is 3.35. The van der Waals surface area contributed by atoms with Crippen LogP contribution in [0, 0.1) is 15.9 Å². The number of halogens is 1. The summed E-state index contributed by atoms with van der Waals surface area (Å²) in [6.45, 7) is 0.241. The Labute approximate surface area is 111 Å².